The summed E-state index contributed by atoms with van der Waals surface area (Å²) in [7, 11) is 0. The molecule has 0 fully saturated rings. The Balaban J connectivity index is 2.30. The Bertz CT molecular complexity index is 717. The van der Waals surface area contributed by atoms with Crippen LogP contribution < -0.4 is 5.32 Å². The van der Waals surface area contributed by atoms with Crippen LogP contribution in [0.3, 0.4) is 0 Å². The van der Waals surface area contributed by atoms with Crippen LogP contribution in [0.5, 0.6) is 0 Å². The van der Waals surface area contributed by atoms with Crippen molar-refractivity contribution < 1.29 is 18.0 Å². The predicted molar refractivity (Wildman–Crippen MR) is 87.6 cm³/mol. The fourth-order valence-corrected chi connectivity index (χ4v) is 2.58. The summed E-state index contributed by atoms with van der Waals surface area (Å²) < 4.78 is 39.7. The van der Waals surface area contributed by atoms with E-state index >= 15 is 0 Å². The number of halogens is 3. The molecule has 2 atom stereocenters. The minimum atomic E-state index is -4.61. The molecule has 0 aliphatic heterocycles. The number of carbonyl (C=O) groups excluding carboxylic acids is 1. The third-order valence-corrected chi connectivity index (χ3v) is 4.00. The van der Waals surface area contributed by atoms with Crippen molar-refractivity contribution in [3.05, 3.63) is 59.7 Å². The number of rotatable bonds is 5. The van der Waals surface area contributed by atoms with Gasteiger partial charge in [0, 0.05) is 11.8 Å². The molecule has 2 aromatic rings. The zero-order valence-electron chi connectivity index (χ0n) is 14.2. The SMILES string of the molecule is CC(C(=O)NC(c1cncnc1C(F)(F)F)C(C)C)c1ccccc1. The number of carbonyl (C=O) groups is 1. The second-order valence-electron chi connectivity index (χ2n) is 6.19. The molecule has 1 aromatic heterocycles. The Morgan fingerprint density at radius 1 is 1.12 bits per heavy atom. The van der Waals surface area contributed by atoms with Crippen molar-refractivity contribution in [1.82, 2.24) is 15.3 Å². The van der Waals surface area contributed by atoms with Gasteiger partial charge in [-0.15, -0.1) is 0 Å². The number of hydrogen-bond acceptors (Lipinski definition) is 3. The van der Waals surface area contributed by atoms with Crippen molar-refractivity contribution in [2.75, 3.05) is 0 Å². The van der Waals surface area contributed by atoms with Gasteiger partial charge in [-0.2, -0.15) is 13.2 Å². The van der Waals surface area contributed by atoms with Crippen molar-refractivity contribution in [2.45, 2.75) is 38.9 Å². The van der Waals surface area contributed by atoms with Crippen molar-refractivity contribution in [3.8, 4) is 0 Å². The van der Waals surface area contributed by atoms with Gasteiger partial charge in [-0.05, 0) is 18.4 Å². The van der Waals surface area contributed by atoms with Crippen molar-refractivity contribution in [1.29, 1.82) is 0 Å². The summed E-state index contributed by atoms with van der Waals surface area (Å²) in [5, 5.41) is 2.72. The second kappa shape index (κ2) is 7.63. The van der Waals surface area contributed by atoms with Gasteiger partial charge < -0.3 is 5.32 Å². The molecule has 134 valence electrons. The lowest BCUT2D eigenvalue weighted by Gasteiger charge is -2.26. The molecule has 0 aliphatic carbocycles. The van der Waals surface area contributed by atoms with Crippen LogP contribution in [0.1, 0.15) is 49.6 Å². The first-order valence-electron chi connectivity index (χ1n) is 7.94. The molecule has 1 amide bonds. The highest BCUT2D eigenvalue weighted by atomic mass is 19.4. The summed E-state index contributed by atoms with van der Waals surface area (Å²) >= 11 is 0. The lowest BCUT2D eigenvalue weighted by Crippen LogP contribution is -2.36. The zero-order chi connectivity index (χ0) is 18.6. The quantitative estimate of drug-likeness (QED) is 0.882. The van der Waals surface area contributed by atoms with Crippen molar-refractivity contribution in [2.24, 2.45) is 5.92 Å². The Hall–Kier alpha value is -2.44. The molecule has 2 unspecified atom stereocenters. The molecule has 25 heavy (non-hydrogen) atoms. The van der Waals surface area contributed by atoms with Gasteiger partial charge in [0.2, 0.25) is 5.91 Å². The van der Waals surface area contributed by atoms with Crippen LogP contribution in [0.2, 0.25) is 0 Å². The topological polar surface area (TPSA) is 54.9 Å². The van der Waals surface area contributed by atoms with E-state index in [0.717, 1.165) is 18.1 Å². The lowest BCUT2D eigenvalue weighted by atomic mass is 9.93. The summed E-state index contributed by atoms with van der Waals surface area (Å²) in [6.07, 6.45) is -2.63. The fourth-order valence-electron chi connectivity index (χ4n) is 2.58. The Morgan fingerprint density at radius 2 is 1.76 bits per heavy atom. The molecule has 2 rings (SSSR count). The normalized spacial score (nSPS) is 14.2. The Morgan fingerprint density at radius 3 is 2.32 bits per heavy atom. The number of nitrogens with zero attached hydrogens (tertiary/aromatic N) is 2. The van der Waals surface area contributed by atoms with Gasteiger partial charge in [0.1, 0.15) is 6.33 Å². The first kappa shape index (κ1) is 18.9. The van der Waals surface area contributed by atoms with E-state index in [4.69, 9.17) is 0 Å². The number of benzene rings is 1. The van der Waals surface area contributed by atoms with Crippen LogP contribution in [0, 0.1) is 5.92 Å². The van der Waals surface area contributed by atoms with Crippen molar-refractivity contribution in [3.63, 3.8) is 0 Å². The Kier molecular flexibility index (Phi) is 5.77. The van der Waals surface area contributed by atoms with Crippen LogP contribution in [0.4, 0.5) is 13.2 Å². The smallest absolute Gasteiger partial charge is 0.348 e. The van der Waals surface area contributed by atoms with Gasteiger partial charge in [-0.1, -0.05) is 44.2 Å². The summed E-state index contributed by atoms with van der Waals surface area (Å²) in [5.41, 5.74) is -0.352. The molecule has 7 heteroatoms. The van der Waals surface area contributed by atoms with E-state index in [-0.39, 0.29) is 17.4 Å². The van der Waals surface area contributed by atoms with Gasteiger partial charge in [0.15, 0.2) is 5.69 Å². The van der Waals surface area contributed by atoms with Gasteiger partial charge in [-0.3, -0.25) is 4.79 Å². The molecule has 1 N–H and O–H groups in total. The third kappa shape index (κ3) is 4.55. The molecular weight excluding hydrogens is 331 g/mol. The minimum Gasteiger partial charge on any atom is -0.348 e. The fraction of sp³-hybridized carbons (Fsp3) is 0.389. The highest BCUT2D eigenvalue weighted by molar-refractivity contribution is 5.83. The van der Waals surface area contributed by atoms with Crippen LogP contribution in [0.15, 0.2) is 42.9 Å². The summed E-state index contributed by atoms with van der Waals surface area (Å²) in [6, 6.07) is 8.24. The largest absolute Gasteiger partial charge is 0.433 e. The van der Waals surface area contributed by atoms with E-state index in [1.165, 1.54) is 0 Å². The maximum atomic E-state index is 13.2. The standard InChI is InChI=1S/C18H20F3N3O/c1-11(2)15(14-9-22-10-23-16(14)18(19,20)21)24-17(25)12(3)13-7-5-4-6-8-13/h4-12,15H,1-3H3,(H,24,25). The van der Waals surface area contributed by atoms with E-state index in [1.807, 2.05) is 18.2 Å². The van der Waals surface area contributed by atoms with E-state index in [2.05, 4.69) is 15.3 Å². The summed E-state index contributed by atoms with van der Waals surface area (Å²) in [4.78, 5) is 19.6. The molecule has 0 saturated carbocycles. The summed E-state index contributed by atoms with van der Waals surface area (Å²) in [5.74, 6) is -1.10. The molecule has 0 bridgehead atoms. The van der Waals surface area contributed by atoms with Crippen LogP contribution in [-0.2, 0) is 11.0 Å². The third-order valence-electron chi connectivity index (χ3n) is 4.00. The van der Waals surface area contributed by atoms with Gasteiger partial charge >= 0.3 is 6.18 Å². The van der Waals surface area contributed by atoms with Crippen LogP contribution >= 0.6 is 0 Å². The van der Waals surface area contributed by atoms with Gasteiger partial charge in [0.05, 0.1) is 12.0 Å². The average Bonchev–Trinajstić information content (AvgIpc) is 2.58. The molecule has 1 aromatic carbocycles. The molecular formula is C18H20F3N3O. The molecule has 1 heterocycles. The number of alkyl halides is 3. The maximum absolute atomic E-state index is 13.2. The molecule has 0 spiro atoms. The van der Waals surface area contributed by atoms with E-state index in [9.17, 15) is 18.0 Å². The highest BCUT2D eigenvalue weighted by Crippen LogP contribution is 2.35. The van der Waals surface area contributed by atoms with Crippen molar-refractivity contribution >= 4 is 5.91 Å². The number of nitrogens with one attached hydrogen (secondary N) is 1. The highest BCUT2D eigenvalue weighted by Gasteiger charge is 2.38. The number of hydrogen-bond donors (Lipinski definition) is 1. The van der Waals surface area contributed by atoms with Gasteiger partial charge in [-0.25, -0.2) is 9.97 Å². The molecule has 0 radical (unpaired) electrons. The maximum Gasteiger partial charge on any atom is 0.433 e. The minimum absolute atomic E-state index is 0.126. The van der Waals surface area contributed by atoms with E-state index < -0.39 is 23.8 Å². The first-order valence-corrected chi connectivity index (χ1v) is 7.94. The van der Waals surface area contributed by atoms with Crippen LogP contribution in [-0.4, -0.2) is 15.9 Å². The lowest BCUT2D eigenvalue weighted by molar-refractivity contribution is -0.142. The van der Waals surface area contributed by atoms with E-state index in [1.54, 1.807) is 32.9 Å². The molecule has 4 nitrogen and oxygen atoms in total. The predicted octanol–water partition coefficient (Wildman–Crippen LogP) is 4.11. The van der Waals surface area contributed by atoms with Gasteiger partial charge in [0.25, 0.3) is 0 Å². The zero-order valence-corrected chi connectivity index (χ0v) is 14.2. The van der Waals surface area contributed by atoms with E-state index in [0.29, 0.717) is 0 Å². The number of amides is 1. The number of aromatic nitrogens is 2. The molecule has 0 aliphatic rings. The second-order valence-corrected chi connectivity index (χ2v) is 6.19. The average molecular weight is 351 g/mol. The first-order chi connectivity index (χ1) is 11.7. The molecule has 0 saturated heterocycles. The van der Waals surface area contributed by atoms with Crippen LogP contribution in [0.25, 0.3) is 0 Å². The monoisotopic (exact) mass is 351 g/mol. The Labute approximate surface area is 144 Å². The summed E-state index contributed by atoms with van der Waals surface area (Å²) in [6.45, 7) is 5.20.